The Morgan fingerprint density at radius 2 is 1.63 bits per heavy atom. The highest BCUT2D eigenvalue weighted by atomic mass is 35.5. The lowest BCUT2D eigenvalue weighted by Gasteiger charge is -2.08. The maximum Gasteiger partial charge on any atom is 0.274 e. The third kappa shape index (κ3) is 4.92. The van der Waals surface area contributed by atoms with Crippen LogP contribution in [0.3, 0.4) is 0 Å². The predicted molar refractivity (Wildman–Crippen MR) is 106 cm³/mol. The molecule has 0 saturated carbocycles. The van der Waals surface area contributed by atoms with Gasteiger partial charge in [0.25, 0.3) is 11.8 Å². The van der Waals surface area contributed by atoms with Gasteiger partial charge in [-0.3, -0.25) is 9.59 Å². The van der Waals surface area contributed by atoms with Crippen LogP contribution in [-0.4, -0.2) is 16.8 Å². The van der Waals surface area contributed by atoms with Crippen molar-refractivity contribution in [3.63, 3.8) is 0 Å². The number of nitrogens with zero attached hydrogens (tertiary/aromatic N) is 1. The van der Waals surface area contributed by atoms with Gasteiger partial charge in [-0.2, -0.15) is 0 Å². The van der Waals surface area contributed by atoms with Gasteiger partial charge in [-0.1, -0.05) is 54.1 Å². The van der Waals surface area contributed by atoms with Crippen molar-refractivity contribution in [2.45, 2.75) is 13.5 Å². The molecule has 2 N–H and O–H groups in total. The van der Waals surface area contributed by atoms with E-state index in [2.05, 4.69) is 15.6 Å². The van der Waals surface area contributed by atoms with Crippen LogP contribution in [0, 0.1) is 6.92 Å². The highest BCUT2D eigenvalue weighted by molar-refractivity contribution is 6.31. The Bertz CT molecular complexity index is 974. The first-order valence-corrected chi connectivity index (χ1v) is 8.77. The number of halogens is 1. The summed E-state index contributed by atoms with van der Waals surface area (Å²) in [5.41, 5.74) is 2.80. The Balaban J connectivity index is 1.67. The molecule has 0 atom stereocenters. The van der Waals surface area contributed by atoms with Gasteiger partial charge >= 0.3 is 0 Å². The molecule has 0 aliphatic heterocycles. The van der Waals surface area contributed by atoms with Gasteiger partial charge in [-0.25, -0.2) is 4.98 Å². The van der Waals surface area contributed by atoms with E-state index in [1.165, 1.54) is 0 Å². The van der Waals surface area contributed by atoms with Crippen molar-refractivity contribution in [2.75, 3.05) is 5.32 Å². The Kier molecular flexibility index (Phi) is 5.84. The van der Waals surface area contributed by atoms with Crippen LogP contribution in [0.5, 0.6) is 0 Å². The Hall–Kier alpha value is -3.18. The summed E-state index contributed by atoms with van der Waals surface area (Å²) in [4.78, 5) is 28.9. The zero-order valence-corrected chi connectivity index (χ0v) is 15.5. The number of carbonyl (C=O) groups excluding carboxylic acids is 2. The smallest absolute Gasteiger partial charge is 0.274 e. The number of aryl methyl sites for hydroxylation is 1. The first kappa shape index (κ1) is 18.6. The second kappa shape index (κ2) is 8.47. The van der Waals surface area contributed by atoms with Crippen molar-refractivity contribution in [2.24, 2.45) is 0 Å². The molecule has 2 amide bonds. The van der Waals surface area contributed by atoms with Crippen LogP contribution < -0.4 is 10.6 Å². The number of anilines is 1. The fourth-order valence-corrected chi connectivity index (χ4v) is 2.60. The highest BCUT2D eigenvalue weighted by Crippen LogP contribution is 2.20. The molecule has 0 aliphatic carbocycles. The molecule has 0 bridgehead atoms. The Labute approximate surface area is 162 Å². The molecule has 0 unspecified atom stereocenters. The molecule has 2 aromatic carbocycles. The molecule has 1 heterocycles. The van der Waals surface area contributed by atoms with E-state index in [9.17, 15) is 9.59 Å². The van der Waals surface area contributed by atoms with Crippen molar-refractivity contribution in [3.8, 4) is 0 Å². The number of amides is 2. The minimum absolute atomic E-state index is 0.152. The molecule has 0 spiro atoms. The van der Waals surface area contributed by atoms with E-state index < -0.39 is 5.91 Å². The summed E-state index contributed by atoms with van der Waals surface area (Å²) in [7, 11) is 0. The average molecular weight is 380 g/mol. The van der Waals surface area contributed by atoms with Gasteiger partial charge in [0.15, 0.2) is 0 Å². The molecule has 1 aromatic heterocycles. The van der Waals surface area contributed by atoms with Gasteiger partial charge in [-0.15, -0.1) is 0 Å². The monoisotopic (exact) mass is 379 g/mol. The van der Waals surface area contributed by atoms with E-state index in [1.807, 2.05) is 43.3 Å². The SMILES string of the molecule is Cc1ccc(NC(=O)c2cccc(C(=O)NCc3ccccc3)n2)cc1Cl. The van der Waals surface area contributed by atoms with Gasteiger partial charge in [0.2, 0.25) is 0 Å². The summed E-state index contributed by atoms with van der Waals surface area (Å²) in [6.07, 6.45) is 0. The predicted octanol–water partition coefficient (Wildman–Crippen LogP) is 4.23. The average Bonchev–Trinajstić information content (AvgIpc) is 2.70. The lowest BCUT2D eigenvalue weighted by Crippen LogP contribution is -2.25. The molecule has 5 nitrogen and oxygen atoms in total. The van der Waals surface area contributed by atoms with Crippen molar-refractivity contribution in [1.82, 2.24) is 10.3 Å². The molecule has 27 heavy (non-hydrogen) atoms. The zero-order chi connectivity index (χ0) is 19.2. The lowest BCUT2D eigenvalue weighted by atomic mass is 10.2. The van der Waals surface area contributed by atoms with Gasteiger partial charge in [0, 0.05) is 17.3 Å². The third-order valence-electron chi connectivity index (χ3n) is 3.94. The zero-order valence-electron chi connectivity index (χ0n) is 14.7. The van der Waals surface area contributed by atoms with E-state index in [4.69, 9.17) is 11.6 Å². The van der Waals surface area contributed by atoms with E-state index in [0.29, 0.717) is 17.3 Å². The fourth-order valence-electron chi connectivity index (χ4n) is 2.42. The quantitative estimate of drug-likeness (QED) is 0.697. The highest BCUT2D eigenvalue weighted by Gasteiger charge is 2.13. The van der Waals surface area contributed by atoms with Crippen LogP contribution in [0.4, 0.5) is 5.69 Å². The van der Waals surface area contributed by atoms with Crippen molar-refractivity contribution >= 4 is 29.1 Å². The normalized spacial score (nSPS) is 10.3. The van der Waals surface area contributed by atoms with Gasteiger partial charge in [0.1, 0.15) is 11.4 Å². The molecular weight excluding hydrogens is 362 g/mol. The molecule has 3 rings (SSSR count). The molecule has 6 heteroatoms. The second-order valence-corrected chi connectivity index (χ2v) is 6.40. The van der Waals surface area contributed by atoms with Crippen molar-refractivity contribution < 1.29 is 9.59 Å². The molecule has 0 saturated heterocycles. The molecule has 0 fully saturated rings. The number of pyridine rings is 1. The maximum absolute atomic E-state index is 12.4. The summed E-state index contributed by atoms with van der Waals surface area (Å²) >= 11 is 6.08. The van der Waals surface area contributed by atoms with Crippen molar-refractivity contribution in [1.29, 1.82) is 0 Å². The number of carbonyl (C=O) groups is 2. The third-order valence-corrected chi connectivity index (χ3v) is 4.35. The Morgan fingerprint density at radius 1 is 0.926 bits per heavy atom. The number of nitrogens with one attached hydrogen (secondary N) is 2. The molecule has 3 aromatic rings. The topological polar surface area (TPSA) is 71.1 Å². The fraction of sp³-hybridized carbons (Fsp3) is 0.0952. The van der Waals surface area contributed by atoms with Crippen LogP contribution in [0.2, 0.25) is 5.02 Å². The van der Waals surface area contributed by atoms with Crippen LogP contribution in [0.1, 0.15) is 32.1 Å². The van der Waals surface area contributed by atoms with Crippen LogP contribution in [0.25, 0.3) is 0 Å². The number of aromatic nitrogens is 1. The van der Waals surface area contributed by atoms with Crippen LogP contribution >= 0.6 is 11.6 Å². The van der Waals surface area contributed by atoms with E-state index in [-0.39, 0.29) is 17.3 Å². The first-order chi connectivity index (χ1) is 13.0. The van der Waals surface area contributed by atoms with Gasteiger partial charge in [0.05, 0.1) is 0 Å². The summed E-state index contributed by atoms with van der Waals surface area (Å²) in [6, 6.07) is 19.6. The maximum atomic E-state index is 12.4. The molecule has 136 valence electrons. The summed E-state index contributed by atoms with van der Waals surface area (Å²) in [5.74, 6) is -0.750. The number of benzene rings is 2. The minimum Gasteiger partial charge on any atom is -0.347 e. The molecule has 0 aliphatic rings. The molecule has 0 radical (unpaired) electrons. The van der Waals surface area contributed by atoms with Gasteiger partial charge < -0.3 is 10.6 Å². The first-order valence-electron chi connectivity index (χ1n) is 8.39. The number of hydrogen-bond donors (Lipinski definition) is 2. The summed E-state index contributed by atoms with van der Waals surface area (Å²) in [6.45, 7) is 2.27. The standard InChI is InChI=1S/C21H18ClN3O2/c1-14-10-11-16(12-17(14)22)24-21(27)19-9-5-8-18(25-19)20(26)23-13-15-6-3-2-4-7-15/h2-12H,13H2,1H3,(H,23,26)(H,24,27). The second-order valence-electron chi connectivity index (χ2n) is 5.99. The van der Waals surface area contributed by atoms with Crippen LogP contribution in [0.15, 0.2) is 66.7 Å². The Morgan fingerprint density at radius 3 is 2.33 bits per heavy atom. The van der Waals surface area contributed by atoms with Crippen LogP contribution in [-0.2, 0) is 6.54 Å². The van der Waals surface area contributed by atoms with E-state index in [0.717, 1.165) is 11.1 Å². The largest absolute Gasteiger partial charge is 0.347 e. The summed E-state index contributed by atoms with van der Waals surface area (Å²) < 4.78 is 0. The lowest BCUT2D eigenvalue weighted by molar-refractivity contribution is 0.0945. The number of rotatable bonds is 5. The van der Waals surface area contributed by atoms with E-state index in [1.54, 1.807) is 30.3 Å². The summed E-state index contributed by atoms with van der Waals surface area (Å²) in [5, 5.41) is 6.09. The van der Waals surface area contributed by atoms with Gasteiger partial charge in [-0.05, 0) is 42.3 Å². The minimum atomic E-state index is -0.410. The van der Waals surface area contributed by atoms with E-state index >= 15 is 0 Å². The molecular formula is C21H18ClN3O2. The number of hydrogen-bond acceptors (Lipinski definition) is 3. The van der Waals surface area contributed by atoms with Crippen molar-refractivity contribution in [3.05, 3.63) is 94.3 Å².